The fourth-order valence-electron chi connectivity index (χ4n) is 1.29. The largest absolute Gasteiger partial charge is 0.355 e. The van der Waals surface area contributed by atoms with Crippen LogP contribution in [0.1, 0.15) is 5.69 Å². The molecule has 1 aromatic carbocycles. The zero-order valence-electron chi connectivity index (χ0n) is 7.17. The van der Waals surface area contributed by atoms with Gasteiger partial charge in [-0.25, -0.2) is 0 Å². The lowest BCUT2D eigenvalue weighted by atomic mass is 10.2. The first-order valence-corrected chi connectivity index (χ1v) is 4.33. The van der Waals surface area contributed by atoms with E-state index >= 15 is 0 Å². The van der Waals surface area contributed by atoms with Crippen LogP contribution in [0.25, 0.3) is 10.9 Å². The number of rotatable bonds is 2. The zero-order valence-corrected chi connectivity index (χ0v) is 7.93. The van der Waals surface area contributed by atoms with Crippen LogP contribution in [0.5, 0.6) is 0 Å². The quantitative estimate of drug-likeness (QED) is 0.782. The molecule has 1 N–H and O–H groups in total. The molecule has 0 saturated heterocycles. The predicted molar refractivity (Wildman–Crippen MR) is 53.5 cm³/mol. The molecule has 1 aromatic heterocycles. The lowest BCUT2D eigenvalue weighted by molar-refractivity contribution is 0.269. The van der Waals surface area contributed by atoms with Gasteiger partial charge in [0, 0.05) is 12.6 Å². The number of benzene rings is 1. The van der Waals surface area contributed by atoms with Crippen molar-refractivity contribution >= 4 is 22.5 Å². The van der Waals surface area contributed by atoms with E-state index in [1.54, 1.807) is 7.11 Å². The van der Waals surface area contributed by atoms with Gasteiger partial charge < -0.3 is 9.72 Å². The third-order valence-corrected chi connectivity index (χ3v) is 2.28. The summed E-state index contributed by atoms with van der Waals surface area (Å²) in [4.78, 5) is 3.15. The van der Waals surface area contributed by atoms with Gasteiger partial charge in [-0.3, -0.25) is 0 Å². The summed E-state index contributed by atoms with van der Waals surface area (Å²) in [6.45, 7) is 0. The average Bonchev–Trinajstić information content (AvgIpc) is 2.59. The minimum absolute atomic E-state index is 0.385. The van der Waals surface area contributed by atoms with Crippen LogP contribution in [0.3, 0.4) is 0 Å². The summed E-state index contributed by atoms with van der Waals surface area (Å²) in [5.41, 5.74) is 2.26. The van der Waals surface area contributed by atoms with E-state index in [0.29, 0.717) is 5.56 Å². The molecule has 0 aliphatic rings. The number of halogens is 1. The van der Waals surface area contributed by atoms with E-state index in [2.05, 4.69) is 4.98 Å². The number of aromatic amines is 1. The molecule has 2 nitrogen and oxygen atoms in total. The highest BCUT2D eigenvalue weighted by atomic mass is 35.5. The summed E-state index contributed by atoms with van der Waals surface area (Å²) in [6.07, 6.45) is 0. The Labute approximate surface area is 81.5 Å². The maximum atomic E-state index is 5.83. The van der Waals surface area contributed by atoms with E-state index in [9.17, 15) is 0 Å². The molecule has 67 valence electrons. The average molecular weight is 195 g/mol. The summed E-state index contributed by atoms with van der Waals surface area (Å²) >= 11 is 5.83. The minimum atomic E-state index is 0.385. The second-order valence-corrected chi connectivity index (χ2v) is 3.09. The highest BCUT2D eigenvalue weighted by molar-refractivity contribution is 6.27. The van der Waals surface area contributed by atoms with E-state index in [4.69, 9.17) is 16.3 Å². The van der Waals surface area contributed by atoms with Crippen molar-refractivity contribution in [2.45, 2.75) is 0 Å². The second kappa shape index (κ2) is 3.40. The number of H-pyrrole nitrogens is 1. The van der Waals surface area contributed by atoms with Crippen molar-refractivity contribution in [2.75, 3.05) is 7.11 Å². The van der Waals surface area contributed by atoms with Crippen LogP contribution in [-0.4, -0.2) is 12.1 Å². The molecule has 0 saturated carbocycles. The lowest BCUT2D eigenvalue weighted by Gasteiger charge is -2.00. The van der Waals surface area contributed by atoms with Crippen molar-refractivity contribution in [3.63, 3.8) is 0 Å². The third kappa shape index (κ3) is 1.55. The molecule has 0 bridgehead atoms. The van der Waals surface area contributed by atoms with Gasteiger partial charge in [0.2, 0.25) is 5.56 Å². The van der Waals surface area contributed by atoms with Crippen LogP contribution >= 0.6 is 11.6 Å². The molecule has 0 fully saturated rings. The number of hydrogen-bond donors (Lipinski definition) is 1. The van der Waals surface area contributed by atoms with Crippen LogP contribution in [0.15, 0.2) is 30.3 Å². The van der Waals surface area contributed by atoms with E-state index in [0.717, 1.165) is 16.6 Å². The maximum absolute atomic E-state index is 5.83. The van der Waals surface area contributed by atoms with E-state index in [1.165, 1.54) is 0 Å². The van der Waals surface area contributed by atoms with Crippen molar-refractivity contribution in [2.24, 2.45) is 0 Å². The summed E-state index contributed by atoms with van der Waals surface area (Å²) in [7, 11) is 1.55. The van der Waals surface area contributed by atoms with Gasteiger partial charge in [-0.15, -0.1) is 0 Å². The van der Waals surface area contributed by atoms with Gasteiger partial charge in [0.1, 0.15) is 0 Å². The Hall–Kier alpha value is -0.990. The van der Waals surface area contributed by atoms with Crippen LogP contribution in [0.4, 0.5) is 0 Å². The van der Waals surface area contributed by atoms with Crippen molar-refractivity contribution in [3.8, 4) is 0 Å². The Morgan fingerprint density at radius 2 is 2.15 bits per heavy atom. The monoisotopic (exact) mass is 194 g/mol. The summed E-state index contributed by atoms with van der Waals surface area (Å²) in [5.74, 6) is 0. The number of para-hydroxylation sites is 1. The Morgan fingerprint density at radius 1 is 1.38 bits per heavy atom. The highest BCUT2D eigenvalue weighted by Gasteiger charge is 2.10. The molecule has 0 amide bonds. The van der Waals surface area contributed by atoms with Gasteiger partial charge in [0.15, 0.2) is 0 Å². The van der Waals surface area contributed by atoms with Crippen molar-refractivity contribution in [1.82, 2.24) is 4.98 Å². The Morgan fingerprint density at radius 3 is 2.85 bits per heavy atom. The molecule has 2 aromatic rings. The summed E-state index contributed by atoms with van der Waals surface area (Å²) < 4.78 is 4.92. The number of nitrogens with one attached hydrogen (secondary N) is 1. The Balaban J connectivity index is 2.49. The van der Waals surface area contributed by atoms with Gasteiger partial charge in [-0.2, -0.15) is 0 Å². The smallest absolute Gasteiger partial charge is 0.231 e. The normalized spacial score (nSPS) is 11.3. The zero-order chi connectivity index (χ0) is 9.26. The fraction of sp³-hybridized carbons (Fsp3) is 0.100. The standard InChI is InChI=1S/C10H9ClNO/c1-13-10(11)9-6-7-4-2-3-5-8(7)12-9/h2-6,12H,1H3. The highest BCUT2D eigenvalue weighted by Crippen LogP contribution is 2.23. The van der Waals surface area contributed by atoms with Gasteiger partial charge >= 0.3 is 0 Å². The topological polar surface area (TPSA) is 25.0 Å². The molecule has 2 rings (SSSR count). The number of methoxy groups -OCH3 is 1. The molecule has 0 aliphatic heterocycles. The Bertz CT molecular complexity index is 377. The number of hydrogen-bond acceptors (Lipinski definition) is 1. The van der Waals surface area contributed by atoms with Crippen molar-refractivity contribution in [3.05, 3.63) is 41.6 Å². The van der Waals surface area contributed by atoms with Gasteiger partial charge in [-0.1, -0.05) is 29.8 Å². The first-order valence-electron chi connectivity index (χ1n) is 3.96. The number of fused-ring (bicyclic) bond motifs is 1. The molecule has 0 aliphatic carbocycles. The van der Waals surface area contributed by atoms with Gasteiger partial charge in [0.25, 0.3) is 0 Å². The minimum Gasteiger partial charge on any atom is -0.355 e. The van der Waals surface area contributed by atoms with Crippen LogP contribution in [-0.2, 0) is 4.74 Å². The van der Waals surface area contributed by atoms with Gasteiger partial charge in [0.05, 0.1) is 5.69 Å². The maximum Gasteiger partial charge on any atom is 0.231 e. The molecule has 0 unspecified atom stereocenters. The lowest BCUT2D eigenvalue weighted by Crippen LogP contribution is -1.92. The third-order valence-electron chi connectivity index (χ3n) is 1.92. The van der Waals surface area contributed by atoms with E-state index in [1.807, 2.05) is 30.3 Å². The first-order chi connectivity index (χ1) is 6.31. The molecule has 1 heterocycles. The second-order valence-electron chi connectivity index (χ2n) is 2.75. The van der Waals surface area contributed by atoms with Crippen molar-refractivity contribution < 1.29 is 4.74 Å². The number of ether oxygens (including phenoxy) is 1. The summed E-state index contributed by atoms with van der Waals surface area (Å²) in [6, 6.07) is 9.94. The molecule has 3 heteroatoms. The van der Waals surface area contributed by atoms with Crippen LogP contribution in [0.2, 0.25) is 0 Å². The van der Waals surface area contributed by atoms with E-state index in [-0.39, 0.29) is 0 Å². The number of aromatic nitrogens is 1. The molecular formula is C10H9ClNO. The fourth-order valence-corrected chi connectivity index (χ4v) is 1.39. The molecule has 0 spiro atoms. The molecular weight excluding hydrogens is 186 g/mol. The first kappa shape index (κ1) is 8.60. The SMILES string of the molecule is CO[C](Cl)c1cc2ccccc2[nH]1. The Kier molecular flexibility index (Phi) is 2.25. The van der Waals surface area contributed by atoms with Crippen molar-refractivity contribution in [1.29, 1.82) is 0 Å². The molecule has 0 atom stereocenters. The van der Waals surface area contributed by atoms with Gasteiger partial charge in [-0.05, 0) is 17.5 Å². The molecule has 1 radical (unpaired) electrons. The van der Waals surface area contributed by atoms with Crippen LogP contribution in [0, 0.1) is 5.56 Å². The van der Waals surface area contributed by atoms with Crippen LogP contribution < -0.4 is 0 Å². The molecule has 13 heavy (non-hydrogen) atoms. The van der Waals surface area contributed by atoms with E-state index < -0.39 is 0 Å². The summed E-state index contributed by atoms with van der Waals surface area (Å²) in [5, 5.41) is 1.13. The predicted octanol–water partition coefficient (Wildman–Crippen LogP) is 2.89.